The van der Waals surface area contributed by atoms with Crippen molar-refractivity contribution in [3.8, 4) is 0 Å². The standard InChI is InChI=1S/C13H19NO/c1-2-15-12-9-5-7-10-6-3-4-8-11(10)13(12)14/h3-4,6,8,12-13H,2,5,7,9,14H2,1H3. The minimum absolute atomic E-state index is 0.0450. The molecule has 1 aromatic rings. The first kappa shape index (κ1) is 10.7. The summed E-state index contributed by atoms with van der Waals surface area (Å²) in [6.07, 6.45) is 3.57. The molecule has 82 valence electrons. The molecule has 0 saturated heterocycles. The van der Waals surface area contributed by atoms with E-state index in [0.29, 0.717) is 0 Å². The Balaban J connectivity index is 2.26. The first-order valence-corrected chi connectivity index (χ1v) is 5.78. The number of ether oxygens (including phenoxy) is 1. The fourth-order valence-electron chi connectivity index (χ4n) is 2.36. The summed E-state index contributed by atoms with van der Waals surface area (Å²) < 4.78 is 5.71. The summed E-state index contributed by atoms with van der Waals surface area (Å²) in [6, 6.07) is 8.52. The van der Waals surface area contributed by atoms with Crippen molar-refractivity contribution in [3.05, 3.63) is 35.4 Å². The van der Waals surface area contributed by atoms with Crippen LogP contribution in [0.5, 0.6) is 0 Å². The molecule has 1 aliphatic carbocycles. The van der Waals surface area contributed by atoms with E-state index >= 15 is 0 Å². The van der Waals surface area contributed by atoms with Crippen molar-refractivity contribution >= 4 is 0 Å². The molecule has 2 nitrogen and oxygen atoms in total. The molecule has 2 rings (SSSR count). The van der Waals surface area contributed by atoms with Crippen molar-refractivity contribution in [3.63, 3.8) is 0 Å². The van der Waals surface area contributed by atoms with Gasteiger partial charge in [-0.05, 0) is 37.3 Å². The Hall–Kier alpha value is -0.860. The Morgan fingerprint density at radius 2 is 2.20 bits per heavy atom. The third kappa shape index (κ3) is 2.21. The summed E-state index contributed by atoms with van der Waals surface area (Å²) in [5, 5.41) is 0. The lowest BCUT2D eigenvalue weighted by molar-refractivity contribution is 0.0386. The van der Waals surface area contributed by atoms with Crippen LogP contribution in [0.1, 0.15) is 36.9 Å². The second-order valence-electron chi connectivity index (χ2n) is 4.11. The highest BCUT2D eigenvalue weighted by Gasteiger charge is 2.24. The topological polar surface area (TPSA) is 35.2 Å². The van der Waals surface area contributed by atoms with Crippen LogP contribution in [0.15, 0.2) is 24.3 Å². The van der Waals surface area contributed by atoms with Gasteiger partial charge in [0.25, 0.3) is 0 Å². The maximum absolute atomic E-state index is 6.25. The molecule has 15 heavy (non-hydrogen) atoms. The molecule has 1 aliphatic rings. The van der Waals surface area contributed by atoms with Crippen LogP contribution in [0.2, 0.25) is 0 Å². The minimum Gasteiger partial charge on any atom is -0.377 e. The van der Waals surface area contributed by atoms with E-state index in [1.807, 2.05) is 6.92 Å². The zero-order valence-electron chi connectivity index (χ0n) is 9.28. The monoisotopic (exact) mass is 205 g/mol. The number of nitrogens with two attached hydrogens (primary N) is 1. The van der Waals surface area contributed by atoms with Crippen LogP contribution in [0.3, 0.4) is 0 Å². The average molecular weight is 205 g/mol. The largest absolute Gasteiger partial charge is 0.377 e. The summed E-state index contributed by atoms with van der Waals surface area (Å²) in [6.45, 7) is 2.78. The number of hydrogen-bond donors (Lipinski definition) is 1. The fraction of sp³-hybridized carbons (Fsp3) is 0.538. The van der Waals surface area contributed by atoms with E-state index in [4.69, 9.17) is 10.5 Å². The van der Waals surface area contributed by atoms with Crippen molar-refractivity contribution in [1.29, 1.82) is 0 Å². The third-order valence-electron chi connectivity index (χ3n) is 3.13. The maximum atomic E-state index is 6.25. The molecule has 1 aromatic carbocycles. The van der Waals surface area contributed by atoms with Gasteiger partial charge in [0.05, 0.1) is 12.1 Å². The lowest BCUT2D eigenvalue weighted by Gasteiger charge is -2.22. The van der Waals surface area contributed by atoms with E-state index < -0.39 is 0 Å². The van der Waals surface area contributed by atoms with Gasteiger partial charge in [0.1, 0.15) is 0 Å². The van der Waals surface area contributed by atoms with Crippen LogP contribution < -0.4 is 5.73 Å². The summed E-state index contributed by atoms with van der Waals surface area (Å²) >= 11 is 0. The predicted molar refractivity (Wildman–Crippen MR) is 61.7 cm³/mol. The van der Waals surface area contributed by atoms with Crippen LogP contribution >= 0.6 is 0 Å². The lowest BCUT2D eigenvalue weighted by atomic mass is 9.98. The summed E-state index contributed by atoms with van der Waals surface area (Å²) in [4.78, 5) is 0. The van der Waals surface area contributed by atoms with Crippen molar-refractivity contribution in [2.45, 2.75) is 38.3 Å². The SMILES string of the molecule is CCOC1CCCc2ccccc2C1N. The van der Waals surface area contributed by atoms with E-state index in [9.17, 15) is 0 Å². The second kappa shape index (κ2) is 4.77. The molecule has 2 atom stereocenters. The minimum atomic E-state index is 0.0450. The fourth-order valence-corrected chi connectivity index (χ4v) is 2.36. The molecule has 0 heterocycles. The highest BCUT2D eigenvalue weighted by molar-refractivity contribution is 5.31. The quantitative estimate of drug-likeness (QED) is 0.753. The van der Waals surface area contributed by atoms with Gasteiger partial charge in [0, 0.05) is 6.61 Å². The van der Waals surface area contributed by atoms with Gasteiger partial charge in [-0.25, -0.2) is 0 Å². The highest BCUT2D eigenvalue weighted by atomic mass is 16.5. The zero-order chi connectivity index (χ0) is 10.7. The molecule has 0 amide bonds. The third-order valence-corrected chi connectivity index (χ3v) is 3.13. The normalized spacial score (nSPS) is 25.7. The molecule has 0 spiro atoms. The Morgan fingerprint density at radius 1 is 1.40 bits per heavy atom. The summed E-state index contributed by atoms with van der Waals surface area (Å²) in [7, 11) is 0. The van der Waals surface area contributed by atoms with Gasteiger partial charge >= 0.3 is 0 Å². The molecule has 2 unspecified atom stereocenters. The molecule has 0 aromatic heterocycles. The van der Waals surface area contributed by atoms with Crippen molar-refractivity contribution in [2.24, 2.45) is 5.73 Å². The van der Waals surface area contributed by atoms with Crippen molar-refractivity contribution < 1.29 is 4.74 Å². The molecule has 0 aliphatic heterocycles. The summed E-state index contributed by atoms with van der Waals surface area (Å²) in [5.74, 6) is 0. The zero-order valence-corrected chi connectivity index (χ0v) is 9.28. The van der Waals surface area contributed by atoms with Crippen LogP contribution in [-0.4, -0.2) is 12.7 Å². The van der Waals surface area contributed by atoms with E-state index in [1.54, 1.807) is 0 Å². The predicted octanol–water partition coefficient (Wildman–Crippen LogP) is 2.43. The average Bonchev–Trinajstić information content (AvgIpc) is 2.41. The molecule has 2 heteroatoms. The Bertz CT molecular complexity index is 324. The highest BCUT2D eigenvalue weighted by Crippen LogP contribution is 2.28. The van der Waals surface area contributed by atoms with E-state index in [2.05, 4.69) is 24.3 Å². The number of hydrogen-bond acceptors (Lipinski definition) is 2. The van der Waals surface area contributed by atoms with Crippen LogP contribution in [0.25, 0.3) is 0 Å². The Morgan fingerprint density at radius 3 is 3.00 bits per heavy atom. The van der Waals surface area contributed by atoms with Gasteiger partial charge in [-0.1, -0.05) is 24.3 Å². The van der Waals surface area contributed by atoms with Gasteiger partial charge in [-0.3, -0.25) is 0 Å². The maximum Gasteiger partial charge on any atom is 0.0767 e. The Kier molecular flexibility index (Phi) is 3.39. The van der Waals surface area contributed by atoms with Crippen molar-refractivity contribution in [2.75, 3.05) is 6.61 Å². The summed E-state index contributed by atoms with van der Waals surface area (Å²) in [5.41, 5.74) is 8.92. The van der Waals surface area contributed by atoms with E-state index in [0.717, 1.165) is 19.4 Å². The van der Waals surface area contributed by atoms with Gasteiger partial charge in [-0.2, -0.15) is 0 Å². The smallest absolute Gasteiger partial charge is 0.0767 e. The van der Waals surface area contributed by atoms with Gasteiger partial charge in [0.2, 0.25) is 0 Å². The molecule has 0 fully saturated rings. The number of benzene rings is 1. The lowest BCUT2D eigenvalue weighted by Crippen LogP contribution is -2.28. The molecular formula is C13H19NO. The molecule has 2 N–H and O–H groups in total. The van der Waals surface area contributed by atoms with Crippen LogP contribution in [0.4, 0.5) is 0 Å². The molecule has 0 saturated carbocycles. The number of aryl methyl sites for hydroxylation is 1. The van der Waals surface area contributed by atoms with Gasteiger partial charge < -0.3 is 10.5 Å². The first-order chi connectivity index (χ1) is 7.33. The first-order valence-electron chi connectivity index (χ1n) is 5.78. The second-order valence-corrected chi connectivity index (χ2v) is 4.11. The number of fused-ring (bicyclic) bond motifs is 1. The number of rotatable bonds is 2. The van der Waals surface area contributed by atoms with Crippen LogP contribution in [0, 0.1) is 0 Å². The van der Waals surface area contributed by atoms with E-state index in [1.165, 1.54) is 17.5 Å². The van der Waals surface area contributed by atoms with Crippen LogP contribution in [-0.2, 0) is 11.2 Å². The van der Waals surface area contributed by atoms with Gasteiger partial charge in [-0.15, -0.1) is 0 Å². The van der Waals surface area contributed by atoms with Crippen molar-refractivity contribution in [1.82, 2.24) is 0 Å². The molecule has 0 bridgehead atoms. The van der Waals surface area contributed by atoms with E-state index in [-0.39, 0.29) is 12.1 Å². The molecule has 0 radical (unpaired) electrons. The Labute approximate surface area is 91.4 Å². The molecular weight excluding hydrogens is 186 g/mol. The van der Waals surface area contributed by atoms with Gasteiger partial charge in [0.15, 0.2) is 0 Å².